The summed E-state index contributed by atoms with van der Waals surface area (Å²) in [6.45, 7) is 5.08. The topological polar surface area (TPSA) is 118 Å². The quantitative estimate of drug-likeness (QED) is 0.160. The predicted molar refractivity (Wildman–Crippen MR) is 133 cm³/mol. The fourth-order valence-electron chi connectivity index (χ4n) is 4.53. The zero-order valence-corrected chi connectivity index (χ0v) is 21.3. The Morgan fingerprint density at radius 3 is 1.74 bits per heavy atom. The van der Waals surface area contributed by atoms with E-state index in [9.17, 15) is 19.2 Å². The van der Waals surface area contributed by atoms with Crippen LogP contribution in [0.2, 0.25) is 0 Å². The van der Waals surface area contributed by atoms with Gasteiger partial charge in [0.15, 0.2) is 24.0 Å². The van der Waals surface area contributed by atoms with Crippen molar-refractivity contribution in [3.63, 3.8) is 0 Å². The normalized spacial score (nSPS) is 23.3. The molecule has 2 bridgehead atoms. The number of hydrogen-bond donors (Lipinski definition) is 0. The van der Waals surface area contributed by atoms with Gasteiger partial charge in [-0.1, -0.05) is 36.4 Å². The summed E-state index contributed by atoms with van der Waals surface area (Å²) in [5.74, 6) is -3.00. The van der Waals surface area contributed by atoms with E-state index in [0.29, 0.717) is 11.1 Å². The van der Waals surface area contributed by atoms with Crippen LogP contribution in [0.25, 0.3) is 0 Å². The van der Waals surface area contributed by atoms with Crippen LogP contribution in [0.4, 0.5) is 0 Å². The Morgan fingerprint density at radius 2 is 1.26 bits per heavy atom. The van der Waals surface area contributed by atoms with Crippen LogP contribution >= 0.6 is 0 Å². The van der Waals surface area contributed by atoms with E-state index in [2.05, 4.69) is 0 Å². The number of fused-ring (bicyclic) bond motifs is 2. The molecule has 10 nitrogen and oxygen atoms in total. The number of hydrogen-bond acceptors (Lipinski definition) is 10. The Bertz CT molecular complexity index is 1180. The standard InChI is InChI=1S/C28H29NO9/c1-4-34-27(32)20(28(33)35-5-2)16-29-21-17(3)36-24(29)23(38-26(31)19-14-10-7-11-15-19)22(21)37-25(30)18-12-8-6-9-13-18/h6-17,21-24H,4-5H2,1-3H3/t17-,21+,22+,23+,24-/m0/s1. The molecule has 0 saturated carbocycles. The third-order valence-corrected chi connectivity index (χ3v) is 6.19. The van der Waals surface area contributed by atoms with E-state index >= 15 is 0 Å². The van der Waals surface area contributed by atoms with Gasteiger partial charge in [0.2, 0.25) is 0 Å². The average molecular weight is 524 g/mol. The maximum absolute atomic E-state index is 13.0. The molecule has 2 aliphatic heterocycles. The average Bonchev–Trinajstić information content (AvgIpc) is 3.38. The largest absolute Gasteiger partial charge is 0.462 e. The first-order valence-corrected chi connectivity index (χ1v) is 12.4. The lowest BCUT2D eigenvalue weighted by atomic mass is 10.0. The minimum Gasteiger partial charge on any atom is -0.462 e. The highest BCUT2D eigenvalue weighted by molar-refractivity contribution is 6.14. The molecule has 0 spiro atoms. The zero-order chi connectivity index (χ0) is 27.2. The smallest absolute Gasteiger partial charge is 0.347 e. The molecule has 0 radical (unpaired) electrons. The van der Waals surface area contributed by atoms with Gasteiger partial charge in [0, 0.05) is 6.20 Å². The van der Waals surface area contributed by atoms with Gasteiger partial charge >= 0.3 is 23.9 Å². The Balaban J connectivity index is 1.70. The molecule has 0 N–H and O–H groups in total. The van der Waals surface area contributed by atoms with Crippen LogP contribution in [-0.4, -0.2) is 72.6 Å². The van der Waals surface area contributed by atoms with Gasteiger partial charge in [-0.25, -0.2) is 19.2 Å². The molecular weight excluding hydrogens is 494 g/mol. The number of rotatable bonds is 9. The summed E-state index contributed by atoms with van der Waals surface area (Å²) < 4.78 is 27.8. The van der Waals surface area contributed by atoms with Crippen LogP contribution in [0.3, 0.4) is 0 Å². The summed E-state index contributed by atoms with van der Waals surface area (Å²) >= 11 is 0. The van der Waals surface area contributed by atoms with Gasteiger partial charge in [-0.3, -0.25) is 0 Å². The van der Waals surface area contributed by atoms with Crippen molar-refractivity contribution in [2.75, 3.05) is 13.2 Å². The number of nitrogens with zero attached hydrogens (tertiary/aromatic N) is 1. The van der Waals surface area contributed by atoms with Crippen LogP contribution in [0.1, 0.15) is 41.5 Å². The van der Waals surface area contributed by atoms with Crippen LogP contribution in [0, 0.1) is 0 Å². The molecule has 38 heavy (non-hydrogen) atoms. The molecule has 2 aromatic rings. The summed E-state index contributed by atoms with van der Waals surface area (Å²) in [7, 11) is 0. The van der Waals surface area contributed by atoms with E-state index < -0.39 is 54.5 Å². The lowest BCUT2D eigenvalue weighted by Gasteiger charge is -2.31. The van der Waals surface area contributed by atoms with Gasteiger partial charge in [-0.05, 0) is 45.0 Å². The van der Waals surface area contributed by atoms with Crippen molar-refractivity contribution in [2.45, 2.75) is 51.4 Å². The van der Waals surface area contributed by atoms with E-state index in [4.69, 9.17) is 23.7 Å². The molecule has 2 aliphatic rings. The van der Waals surface area contributed by atoms with Crippen LogP contribution in [0.15, 0.2) is 72.4 Å². The van der Waals surface area contributed by atoms with Gasteiger partial charge in [0.1, 0.15) is 0 Å². The molecule has 0 amide bonds. The van der Waals surface area contributed by atoms with E-state index in [-0.39, 0.29) is 18.8 Å². The van der Waals surface area contributed by atoms with Gasteiger partial charge in [-0.2, -0.15) is 0 Å². The number of carbonyl (C=O) groups is 4. The summed E-state index contributed by atoms with van der Waals surface area (Å²) in [5.41, 5.74) is 0.264. The van der Waals surface area contributed by atoms with Crippen LogP contribution in [0.5, 0.6) is 0 Å². The molecule has 2 fully saturated rings. The molecule has 2 saturated heterocycles. The highest BCUT2D eigenvalue weighted by atomic mass is 16.6. The minimum absolute atomic E-state index is 0.0456. The lowest BCUT2D eigenvalue weighted by Crippen LogP contribution is -2.49. The summed E-state index contributed by atoms with van der Waals surface area (Å²) in [6.07, 6.45) is -2.20. The van der Waals surface area contributed by atoms with Crippen LogP contribution in [-0.2, 0) is 33.3 Å². The van der Waals surface area contributed by atoms with Crippen molar-refractivity contribution >= 4 is 23.9 Å². The van der Waals surface area contributed by atoms with Crippen molar-refractivity contribution in [3.05, 3.63) is 83.6 Å². The molecule has 10 heteroatoms. The Kier molecular flexibility index (Phi) is 8.42. The Morgan fingerprint density at radius 1 is 0.789 bits per heavy atom. The molecule has 2 aromatic carbocycles. The first kappa shape index (κ1) is 26.9. The van der Waals surface area contributed by atoms with E-state index in [1.807, 2.05) is 0 Å². The second-order valence-electron chi connectivity index (χ2n) is 8.63. The molecule has 0 aromatic heterocycles. The first-order valence-electron chi connectivity index (χ1n) is 12.4. The van der Waals surface area contributed by atoms with Crippen LogP contribution < -0.4 is 0 Å². The van der Waals surface area contributed by atoms with Gasteiger partial charge in [0.05, 0.1) is 36.5 Å². The molecule has 5 atom stereocenters. The molecule has 2 heterocycles. The van der Waals surface area contributed by atoms with Gasteiger partial charge < -0.3 is 28.6 Å². The van der Waals surface area contributed by atoms with Crippen molar-refractivity contribution < 1.29 is 42.9 Å². The molecule has 200 valence electrons. The third-order valence-electron chi connectivity index (χ3n) is 6.19. The summed E-state index contributed by atoms with van der Waals surface area (Å²) in [5, 5.41) is 0. The second kappa shape index (κ2) is 11.9. The maximum atomic E-state index is 13.0. The molecule has 0 unspecified atom stereocenters. The van der Waals surface area contributed by atoms with Gasteiger partial charge in [0.25, 0.3) is 0 Å². The second-order valence-corrected chi connectivity index (χ2v) is 8.63. The SMILES string of the molecule is CCOC(=O)C(=CN1[C@H]2[C@@H](OC(=O)c3ccccc3)[C@@H](OC(=O)c3ccccc3)[C@@H]1O[C@H]2C)C(=O)OCC. The first-order chi connectivity index (χ1) is 18.3. The van der Waals surface area contributed by atoms with E-state index in [1.54, 1.807) is 86.3 Å². The number of esters is 4. The predicted octanol–water partition coefficient (Wildman–Crippen LogP) is 2.88. The maximum Gasteiger partial charge on any atom is 0.347 e. The van der Waals surface area contributed by atoms with E-state index in [0.717, 1.165) is 0 Å². The van der Waals surface area contributed by atoms with Gasteiger partial charge in [-0.15, -0.1) is 0 Å². The fraction of sp³-hybridized carbons (Fsp3) is 0.357. The lowest BCUT2D eigenvalue weighted by molar-refractivity contribution is -0.146. The summed E-state index contributed by atoms with van der Waals surface area (Å²) in [4.78, 5) is 52.8. The Labute approximate surface area is 220 Å². The van der Waals surface area contributed by atoms with Crippen molar-refractivity contribution in [1.29, 1.82) is 0 Å². The minimum atomic E-state index is -1.06. The molecule has 0 aliphatic carbocycles. The highest BCUT2D eigenvalue weighted by Crippen LogP contribution is 2.41. The van der Waals surface area contributed by atoms with Crippen molar-refractivity contribution in [1.82, 2.24) is 4.90 Å². The summed E-state index contributed by atoms with van der Waals surface area (Å²) in [6, 6.07) is 16.1. The number of ether oxygens (including phenoxy) is 5. The third kappa shape index (κ3) is 5.55. The number of benzene rings is 2. The number of carbonyl (C=O) groups excluding carboxylic acids is 4. The highest BCUT2D eigenvalue weighted by Gasteiger charge is 2.61. The fourth-order valence-corrected chi connectivity index (χ4v) is 4.53. The van der Waals surface area contributed by atoms with Crippen molar-refractivity contribution in [2.24, 2.45) is 0 Å². The van der Waals surface area contributed by atoms with Crippen molar-refractivity contribution in [3.8, 4) is 0 Å². The molecule has 4 rings (SSSR count). The Hall–Kier alpha value is -4.18. The van der Waals surface area contributed by atoms with E-state index in [1.165, 1.54) is 6.20 Å². The monoisotopic (exact) mass is 523 g/mol. The molecular formula is C28H29NO9. The zero-order valence-electron chi connectivity index (χ0n) is 21.3.